The van der Waals surface area contributed by atoms with E-state index >= 15 is 0 Å². The van der Waals surface area contributed by atoms with Crippen molar-refractivity contribution >= 4 is 17.6 Å². The van der Waals surface area contributed by atoms with Gasteiger partial charge in [0.25, 0.3) is 0 Å². The van der Waals surface area contributed by atoms with Crippen molar-refractivity contribution in [1.82, 2.24) is 20.1 Å². The molecule has 0 bridgehead atoms. The number of nitrogens with one attached hydrogen (secondary N) is 1. The smallest absolute Gasteiger partial charge is 0.234 e. The summed E-state index contributed by atoms with van der Waals surface area (Å²) < 4.78 is 0. The fraction of sp³-hybridized carbons (Fsp3) is 0.632. The molecule has 0 saturated carbocycles. The molecular weight excluding hydrogens is 330 g/mol. The number of anilines is 1. The number of nitrogens with zero attached hydrogens (tertiary/aromatic N) is 4. The Morgan fingerprint density at radius 2 is 2.00 bits per heavy atom. The number of likely N-dealkylation sites (N-methyl/N-ethyl adjacent to an activating group) is 1. The molecule has 7 heteroatoms. The van der Waals surface area contributed by atoms with Crippen molar-refractivity contribution < 1.29 is 9.59 Å². The maximum Gasteiger partial charge on any atom is 0.234 e. The second-order valence-electron chi connectivity index (χ2n) is 7.03. The third-order valence-electron chi connectivity index (χ3n) is 5.17. The van der Waals surface area contributed by atoms with Crippen molar-refractivity contribution in [2.75, 3.05) is 57.3 Å². The van der Waals surface area contributed by atoms with Gasteiger partial charge in [0.05, 0.1) is 12.5 Å². The number of carbonyl (C=O) groups excluding carboxylic acids is 2. The molecule has 2 saturated heterocycles. The number of pyridine rings is 1. The van der Waals surface area contributed by atoms with E-state index in [4.69, 9.17) is 0 Å². The Morgan fingerprint density at radius 1 is 1.19 bits per heavy atom. The second kappa shape index (κ2) is 8.98. The topological polar surface area (TPSA) is 68.8 Å². The third kappa shape index (κ3) is 4.72. The van der Waals surface area contributed by atoms with Gasteiger partial charge < -0.3 is 15.1 Å². The van der Waals surface area contributed by atoms with Gasteiger partial charge in [-0.2, -0.15) is 0 Å². The fourth-order valence-corrected chi connectivity index (χ4v) is 3.77. The summed E-state index contributed by atoms with van der Waals surface area (Å²) in [6.07, 6.45) is 3.76. The molecular formula is C19H29N5O2. The Hall–Kier alpha value is -2.15. The molecule has 0 spiro atoms. The van der Waals surface area contributed by atoms with Crippen LogP contribution < -0.4 is 10.2 Å². The first-order valence-corrected chi connectivity index (χ1v) is 9.61. The molecule has 1 aromatic rings. The average Bonchev–Trinajstić information content (AvgIpc) is 2.69. The zero-order valence-electron chi connectivity index (χ0n) is 15.6. The highest BCUT2D eigenvalue weighted by Crippen LogP contribution is 2.23. The van der Waals surface area contributed by atoms with Gasteiger partial charge in [-0.05, 0) is 31.9 Å². The van der Waals surface area contributed by atoms with E-state index in [9.17, 15) is 9.59 Å². The molecule has 1 atom stereocenters. The van der Waals surface area contributed by atoms with E-state index < -0.39 is 0 Å². The Bertz CT molecular complexity index is 601. The largest absolute Gasteiger partial charge is 0.356 e. The highest BCUT2D eigenvalue weighted by atomic mass is 16.2. The highest BCUT2D eigenvalue weighted by Gasteiger charge is 2.31. The van der Waals surface area contributed by atoms with Gasteiger partial charge in [0, 0.05) is 52.0 Å². The average molecular weight is 359 g/mol. The second-order valence-corrected chi connectivity index (χ2v) is 7.03. The van der Waals surface area contributed by atoms with Crippen LogP contribution in [-0.2, 0) is 9.59 Å². The highest BCUT2D eigenvalue weighted by molar-refractivity contribution is 5.80. The minimum Gasteiger partial charge on any atom is -0.356 e. The number of rotatable bonds is 5. The van der Waals surface area contributed by atoms with E-state index in [1.165, 1.54) is 0 Å². The molecule has 3 rings (SSSR count). The number of carbonyl (C=O) groups is 2. The van der Waals surface area contributed by atoms with Crippen molar-refractivity contribution in [3.63, 3.8) is 0 Å². The van der Waals surface area contributed by atoms with E-state index in [0.717, 1.165) is 44.8 Å². The van der Waals surface area contributed by atoms with Crippen LogP contribution in [0.4, 0.5) is 5.82 Å². The summed E-state index contributed by atoms with van der Waals surface area (Å²) in [5, 5.41) is 2.83. The number of amides is 2. The summed E-state index contributed by atoms with van der Waals surface area (Å²) in [7, 11) is 0. The van der Waals surface area contributed by atoms with Crippen LogP contribution in [0.2, 0.25) is 0 Å². The van der Waals surface area contributed by atoms with Gasteiger partial charge >= 0.3 is 0 Å². The molecule has 0 radical (unpaired) electrons. The van der Waals surface area contributed by atoms with Crippen LogP contribution in [0.3, 0.4) is 0 Å². The molecule has 2 aliphatic rings. The van der Waals surface area contributed by atoms with Gasteiger partial charge in [0.15, 0.2) is 0 Å². The first-order chi connectivity index (χ1) is 12.7. The van der Waals surface area contributed by atoms with Crippen LogP contribution in [-0.4, -0.2) is 79.0 Å². The van der Waals surface area contributed by atoms with Crippen molar-refractivity contribution in [2.45, 2.75) is 19.8 Å². The number of piperazine rings is 1. The Morgan fingerprint density at radius 3 is 2.69 bits per heavy atom. The zero-order valence-corrected chi connectivity index (χ0v) is 15.6. The van der Waals surface area contributed by atoms with E-state index in [2.05, 4.69) is 20.1 Å². The number of hydrogen-bond donors (Lipinski definition) is 1. The summed E-state index contributed by atoms with van der Waals surface area (Å²) in [6, 6.07) is 5.91. The molecule has 1 aromatic heterocycles. The van der Waals surface area contributed by atoms with Gasteiger partial charge in [0.1, 0.15) is 5.82 Å². The van der Waals surface area contributed by atoms with Gasteiger partial charge in [-0.3, -0.25) is 14.5 Å². The summed E-state index contributed by atoms with van der Waals surface area (Å²) in [4.78, 5) is 35.4. The lowest BCUT2D eigenvalue weighted by atomic mass is 9.96. The number of hydrogen-bond acceptors (Lipinski definition) is 5. The molecule has 2 fully saturated rings. The maximum atomic E-state index is 12.9. The maximum absolute atomic E-state index is 12.9. The Labute approximate surface area is 155 Å². The molecule has 0 aromatic carbocycles. The first kappa shape index (κ1) is 18.6. The van der Waals surface area contributed by atoms with E-state index in [1.807, 2.05) is 30.0 Å². The summed E-state index contributed by atoms with van der Waals surface area (Å²) in [5.74, 6) is 1.31. The van der Waals surface area contributed by atoms with E-state index in [1.54, 1.807) is 6.20 Å². The van der Waals surface area contributed by atoms with Crippen molar-refractivity contribution in [2.24, 2.45) is 5.92 Å². The molecule has 7 nitrogen and oxygen atoms in total. The quantitative estimate of drug-likeness (QED) is 0.833. The standard InChI is InChI=1S/C19H29N5O2/c1-2-20-18(25)15-22-10-12-23(13-11-22)19(26)16-6-5-9-24(14-16)17-7-3-4-8-21-17/h3-4,7-8,16H,2,5-6,9-15H2,1H3,(H,20,25)/t16-/m0/s1. The van der Waals surface area contributed by atoms with Gasteiger partial charge in [0.2, 0.25) is 11.8 Å². The molecule has 26 heavy (non-hydrogen) atoms. The lowest BCUT2D eigenvalue weighted by Gasteiger charge is -2.39. The summed E-state index contributed by atoms with van der Waals surface area (Å²) in [6.45, 7) is 7.65. The van der Waals surface area contributed by atoms with Crippen molar-refractivity contribution in [3.8, 4) is 0 Å². The van der Waals surface area contributed by atoms with Crippen molar-refractivity contribution in [3.05, 3.63) is 24.4 Å². The molecule has 2 amide bonds. The summed E-state index contributed by atoms with van der Waals surface area (Å²) >= 11 is 0. The lowest BCUT2D eigenvalue weighted by Crippen LogP contribution is -2.54. The number of piperidine rings is 1. The molecule has 0 unspecified atom stereocenters. The third-order valence-corrected chi connectivity index (χ3v) is 5.17. The van der Waals surface area contributed by atoms with Gasteiger partial charge in [-0.25, -0.2) is 4.98 Å². The summed E-state index contributed by atoms with van der Waals surface area (Å²) in [5.41, 5.74) is 0. The molecule has 3 heterocycles. The van der Waals surface area contributed by atoms with Crippen molar-refractivity contribution in [1.29, 1.82) is 0 Å². The van der Waals surface area contributed by atoms with Crippen LogP contribution in [0.5, 0.6) is 0 Å². The first-order valence-electron chi connectivity index (χ1n) is 9.61. The molecule has 1 N–H and O–H groups in total. The van der Waals surface area contributed by atoms with Crippen LogP contribution in [0.1, 0.15) is 19.8 Å². The van der Waals surface area contributed by atoms with Gasteiger partial charge in [-0.15, -0.1) is 0 Å². The predicted octanol–water partition coefficient (Wildman–Crippen LogP) is 0.578. The SMILES string of the molecule is CCNC(=O)CN1CCN(C(=O)[C@H]2CCCN(c3ccccn3)C2)CC1. The molecule has 142 valence electrons. The minimum atomic E-state index is 0.0423. The van der Waals surface area contributed by atoms with Crippen LogP contribution >= 0.6 is 0 Å². The van der Waals surface area contributed by atoms with E-state index in [0.29, 0.717) is 26.2 Å². The zero-order chi connectivity index (χ0) is 18.4. The minimum absolute atomic E-state index is 0.0423. The lowest BCUT2D eigenvalue weighted by molar-refractivity contribution is -0.137. The Balaban J connectivity index is 1.49. The van der Waals surface area contributed by atoms with Crippen LogP contribution in [0.15, 0.2) is 24.4 Å². The fourth-order valence-electron chi connectivity index (χ4n) is 3.77. The van der Waals surface area contributed by atoms with Gasteiger partial charge in [-0.1, -0.05) is 6.07 Å². The monoisotopic (exact) mass is 359 g/mol. The van der Waals surface area contributed by atoms with Crippen LogP contribution in [0, 0.1) is 5.92 Å². The van der Waals surface area contributed by atoms with Crippen LogP contribution in [0.25, 0.3) is 0 Å². The molecule has 2 aliphatic heterocycles. The van der Waals surface area contributed by atoms with E-state index in [-0.39, 0.29) is 17.7 Å². The predicted molar refractivity (Wildman–Crippen MR) is 101 cm³/mol. The molecule has 0 aliphatic carbocycles. The normalized spacial score (nSPS) is 21.5. The number of aromatic nitrogens is 1. The Kier molecular flexibility index (Phi) is 6.44.